The molecule has 1 saturated heterocycles. The SMILES string of the molecule is C.C[C@H](Cc1ccc(O)c(O)c1)[C@@H](C)Cc1ccc(O)c(O)c1.C[C@H](Cc1ccc(OCCO)c(OCCO)c1)[C@@H](C)Cc1ccc(OCCO)c(OCCO)c1.O=C1OCCO1. The Morgan fingerprint density at radius 2 is 0.730 bits per heavy atom. The van der Waals surface area contributed by atoms with Crippen LogP contribution in [-0.4, -0.2) is 113 Å². The van der Waals surface area contributed by atoms with Crippen molar-refractivity contribution < 1.29 is 74.1 Å². The Balaban J connectivity index is 0.000000400. The van der Waals surface area contributed by atoms with Gasteiger partial charge in [-0.05, 0) is 120 Å². The van der Waals surface area contributed by atoms with Gasteiger partial charge >= 0.3 is 6.16 Å². The highest BCUT2D eigenvalue weighted by Gasteiger charge is 2.18. The molecular weight excluding hydrogens is 817 g/mol. The van der Waals surface area contributed by atoms with Gasteiger partial charge in [-0.25, -0.2) is 4.79 Å². The number of phenolic OH excluding ortho intramolecular Hbond substituents is 4. The topological polar surface area (TPSA) is 234 Å². The first-order chi connectivity index (χ1) is 29.8. The molecule has 5 rings (SSSR count). The second-order valence-electron chi connectivity index (χ2n) is 15.2. The molecule has 350 valence electrons. The number of phenols is 4. The number of carbonyl (C=O) groups excluding carboxylic acids is 1. The van der Waals surface area contributed by atoms with Crippen molar-refractivity contribution in [1.82, 2.24) is 0 Å². The Labute approximate surface area is 371 Å². The summed E-state index contributed by atoms with van der Waals surface area (Å²) in [7, 11) is 0. The van der Waals surface area contributed by atoms with E-state index in [1.165, 1.54) is 12.1 Å². The van der Waals surface area contributed by atoms with Crippen LogP contribution in [0.1, 0.15) is 57.4 Å². The molecule has 1 aliphatic heterocycles. The van der Waals surface area contributed by atoms with Gasteiger partial charge in [0.05, 0.1) is 26.4 Å². The minimum Gasteiger partial charge on any atom is -0.504 e. The van der Waals surface area contributed by atoms with Crippen molar-refractivity contribution in [1.29, 1.82) is 0 Å². The van der Waals surface area contributed by atoms with Gasteiger partial charge in [0.25, 0.3) is 0 Å². The third kappa shape index (κ3) is 19.1. The number of aliphatic hydroxyl groups is 4. The summed E-state index contributed by atoms with van der Waals surface area (Å²) < 4.78 is 30.9. The Bertz CT molecular complexity index is 1780. The lowest BCUT2D eigenvalue weighted by Gasteiger charge is -2.22. The maximum atomic E-state index is 9.80. The van der Waals surface area contributed by atoms with Crippen molar-refractivity contribution in [2.24, 2.45) is 23.7 Å². The monoisotopic (exact) mass is 884 g/mol. The van der Waals surface area contributed by atoms with E-state index in [0.29, 0.717) is 59.9 Å². The average Bonchev–Trinajstić information content (AvgIpc) is 3.75. The normalized spacial score (nSPS) is 13.6. The molecule has 0 bridgehead atoms. The van der Waals surface area contributed by atoms with Crippen LogP contribution in [0.3, 0.4) is 0 Å². The Morgan fingerprint density at radius 1 is 0.444 bits per heavy atom. The molecule has 15 nitrogen and oxygen atoms in total. The van der Waals surface area contributed by atoms with Crippen molar-refractivity contribution in [2.75, 3.05) is 66.1 Å². The highest BCUT2D eigenvalue weighted by Crippen LogP contribution is 2.34. The Morgan fingerprint density at radius 3 is 1.00 bits per heavy atom. The van der Waals surface area contributed by atoms with Crippen LogP contribution >= 0.6 is 0 Å². The predicted octanol–water partition coefficient (Wildman–Crippen LogP) is 6.58. The fraction of sp³-hybridized carbons (Fsp3) is 0.479. The summed E-state index contributed by atoms with van der Waals surface area (Å²) in [6.45, 7) is 9.85. The maximum Gasteiger partial charge on any atom is 0.508 e. The number of ether oxygens (including phenoxy) is 6. The molecule has 1 aliphatic rings. The van der Waals surface area contributed by atoms with Gasteiger partial charge < -0.3 is 69.3 Å². The third-order valence-corrected chi connectivity index (χ3v) is 10.2. The average molecular weight is 885 g/mol. The van der Waals surface area contributed by atoms with Crippen LogP contribution in [0.25, 0.3) is 0 Å². The molecule has 1 fully saturated rings. The van der Waals surface area contributed by atoms with E-state index in [0.717, 1.165) is 47.9 Å². The minimum absolute atomic E-state index is 0. The zero-order valence-corrected chi connectivity index (χ0v) is 36.1. The number of aromatic hydroxyl groups is 4. The summed E-state index contributed by atoms with van der Waals surface area (Å²) >= 11 is 0. The number of hydrogen-bond donors (Lipinski definition) is 8. The van der Waals surface area contributed by atoms with Gasteiger partial charge in [0.1, 0.15) is 39.6 Å². The lowest BCUT2D eigenvalue weighted by Crippen LogP contribution is -2.14. The van der Waals surface area contributed by atoms with Crippen molar-refractivity contribution >= 4 is 6.16 Å². The predicted molar refractivity (Wildman–Crippen MR) is 238 cm³/mol. The molecule has 0 amide bonds. The van der Waals surface area contributed by atoms with Gasteiger partial charge in [-0.3, -0.25) is 0 Å². The molecule has 0 aliphatic carbocycles. The first-order valence-corrected chi connectivity index (χ1v) is 20.8. The van der Waals surface area contributed by atoms with Gasteiger partial charge in [0.2, 0.25) is 0 Å². The molecule has 4 aromatic carbocycles. The van der Waals surface area contributed by atoms with Gasteiger partial charge in [0.15, 0.2) is 46.0 Å². The molecule has 8 N–H and O–H groups in total. The van der Waals surface area contributed by atoms with Crippen LogP contribution in [-0.2, 0) is 35.2 Å². The largest absolute Gasteiger partial charge is 0.508 e. The Hall–Kier alpha value is -5.61. The molecule has 1 heterocycles. The van der Waals surface area contributed by atoms with Crippen molar-refractivity contribution in [3.05, 3.63) is 95.1 Å². The van der Waals surface area contributed by atoms with E-state index in [4.69, 9.17) is 39.4 Å². The zero-order chi connectivity index (χ0) is 45.4. The van der Waals surface area contributed by atoms with Gasteiger partial charge in [-0.2, -0.15) is 0 Å². The van der Waals surface area contributed by atoms with E-state index in [9.17, 15) is 25.2 Å². The number of benzene rings is 4. The molecule has 4 atom stereocenters. The first kappa shape index (κ1) is 53.5. The number of carbonyl (C=O) groups is 1. The standard InChI is InChI=1S/C26H38O8.C18H22O4.C3H4O3.CH4/c1-19(15-21-3-5-23(31-11-7-27)25(17-21)33-13-9-29)20(2)16-22-4-6-24(32-12-8-28)26(18-22)34-14-10-30;1-11(7-13-3-5-15(19)17(21)9-13)12(2)8-14-4-6-16(20)18(22)10-14;4-3-5-1-2-6-3;/h3-6,17-20,27-30H,7-16H2,1-2H3;3-6,9-12,19-22H,7-8H2,1-2H3;1-2H2;1H4/t19-,20+;11-,12+;;. The van der Waals surface area contributed by atoms with Crippen LogP contribution < -0.4 is 18.9 Å². The van der Waals surface area contributed by atoms with Crippen LogP contribution in [0, 0.1) is 23.7 Å². The van der Waals surface area contributed by atoms with E-state index in [2.05, 4.69) is 37.2 Å². The summed E-state index contributed by atoms with van der Waals surface area (Å²) in [6.07, 6.45) is 2.71. The van der Waals surface area contributed by atoms with Crippen LogP contribution in [0.15, 0.2) is 72.8 Å². The van der Waals surface area contributed by atoms with Crippen molar-refractivity contribution in [3.63, 3.8) is 0 Å². The highest BCUT2D eigenvalue weighted by atomic mass is 16.8. The fourth-order valence-corrected chi connectivity index (χ4v) is 6.42. The van der Waals surface area contributed by atoms with Gasteiger partial charge in [0, 0.05) is 0 Å². The summed E-state index contributed by atoms with van der Waals surface area (Å²) in [4.78, 5) is 9.80. The lowest BCUT2D eigenvalue weighted by atomic mass is 9.85. The van der Waals surface area contributed by atoms with E-state index in [1.54, 1.807) is 12.1 Å². The first-order valence-electron chi connectivity index (χ1n) is 20.8. The quantitative estimate of drug-likeness (QED) is 0.0307. The van der Waals surface area contributed by atoms with Crippen LogP contribution in [0.2, 0.25) is 0 Å². The number of cyclic esters (lactones) is 2. The van der Waals surface area contributed by atoms with Crippen molar-refractivity contribution in [2.45, 2.75) is 60.8 Å². The fourth-order valence-electron chi connectivity index (χ4n) is 6.42. The molecular formula is C48H68O15. The molecule has 0 spiro atoms. The second-order valence-corrected chi connectivity index (χ2v) is 15.2. The molecule has 0 unspecified atom stereocenters. The maximum absolute atomic E-state index is 9.80. The lowest BCUT2D eigenvalue weighted by molar-refractivity contribution is 0.131. The van der Waals surface area contributed by atoms with E-state index in [1.807, 2.05) is 48.5 Å². The summed E-state index contributed by atoms with van der Waals surface area (Å²) in [5.74, 6) is 3.25. The number of aliphatic hydroxyl groups excluding tert-OH is 4. The van der Waals surface area contributed by atoms with Crippen LogP contribution in [0.5, 0.6) is 46.0 Å². The summed E-state index contributed by atoms with van der Waals surface area (Å²) in [6, 6.07) is 21.3. The number of hydrogen-bond acceptors (Lipinski definition) is 15. The number of rotatable bonds is 22. The molecule has 63 heavy (non-hydrogen) atoms. The van der Waals surface area contributed by atoms with Gasteiger partial charge in [-0.15, -0.1) is 0 Å². The molecule has 0 aromatic heterocycles. The molecule has 0 radical (unpaired) electrons. The summed E-state index contributed by atoms with van der Waals surface area (Å²) in [5, 5.41) is 74.0. The van der Waals surface area contributed by atoms with E-state index in [-0.39, 0.29) is 83.3 Å². The van der Waals surface area contributed by atoms with E-state index < -0.39 is 6.16 Å². The zero-order valence-electron chi connectivity index (χ0n) is 36.1. The highest BCUT2D eigenvalue weighted by molar-refractivity contribution is 5.61. The summed E-state index contributed by atoms with van der Waals surface area (Å²) in [5.41, 5.74) is 4.15. The van der Waals surface area contributed by atoms with Gasteiger partial charge in [-0.1, -0.05) is 59.4 Å². The third-order valence-electron chi connectivity index (χ3n) is 10.2. The second kappa shape index (κ2) is 28.9. The molecule has 0 saturated carbocycles. The molecule has 4 aromatic rings. The van der Waals surface area contributed by atoms with Crippen molar-refractivity contribution in [3.8, 4) is 46.0 Å². The minimum atomic E-state index is -0.546. The molecule has 15 heteroatoms. The smallest absolute Gasteiger partial charge is 0.504 e. The Kier molecular flexibility index (Phi) is 24.5. The van der Waals surface area contributed by atoms with Crippen LogP contribution in [0.4, 0.5) is 4.79 Å². The van der Waals surface area contributed by atoms with E-state index >= 15 is 0 Å².